The summed E-state index contributed by atoms with van der Waals surface area (Å²) in [6.45, 7) is 8.84. The van der Waals surface area contributed by atoms with Crippen LogP contribution in [0.5, 0.6) is 0 Å². The predicted octanol–water partition coefficient (Wildman–Crippen LogP) is 3.11. The van der Waals surface area contributed by atoms with Crippen molar-refractivity contribution in [2.75, 3.05) is 12.3 Å². The normalized spacial score (nSPS) is 11.7. The Kier molecular flexibility index (Phi) is 5.08. The monoisotopic (exact) mass is 315 g/mol. The summed E-state index contributed by atoms with van der Waals surface area (Å²) >= 11 is 0. The van der Waals surface area contributed by atoms with Gasteiger partial charge >= 0.3 is 5.97 Å². The molecule has 2 N–H and O–H groups in total. The minimum absolute atomic E-state index is 0.242. The lowest BCUT2D eigenvalue weighted by Crippen LogP contribution is -2.32. The van der Waals surface area contributed by atoms with Gasteiger partial charge in [-0.05, 0) is 31.5 Å². The van der Waals surface area contributed by atoms with Crippen molar-refractivity contribution < 1.29 is 9.53 Å². The lowest BCUT2D eigenvalue weighted by molar-refractivity contribution is -0.149. The van der Waals surface area contributed by atoms with Gasteiger partial charge in [-0.2, -0.15) is 0 Å². The number of nitrogens with two attached hydrogens (primary N) is 1. The summed E-state index contributed by atoms with van der Waals surface area (Å²) in [5.74, 6) is 1.10. The zero-order valence-corrected chi connectivity index (χ0v) is 14.2. The summed E-state index contributed by atoms with van der Waals surface area (Å²) in [5, 5.41) is 0. The van der Waals surface area contributed by atoms with E-state index in [0.29, 0.717) is 24.8 Å². The molecule has 5 heteroatoms. The van der Waals surface area contributed by atoms with Gasteiger partial charge in [-0.15, -0.1) is 0 Å². The standard InChI is InChI=1S/C18H25N3O2/c1-13(2)16-20-9-10-21(16)11-12-23-17(22)18(3,4)14-5-7-15(19)8-6-14/h5-10,13H,11-12,19H2,1-4H3. The average Bonchev–Trinajstić information content (AvgIpc) is 2.96. The number of carbonyl (C=O) groups is 1. The SMILES string of the molecule is CC(C)c1nccn1CCOC(=O)C(C)(C)c1ccc(N)cc1. The molecule has 0 bridgehead atoms. The maximum atomic E-state index is 12.4. The van der Waals surface area contributed by atoms with E-state index in [-0.39, 0.29) is 5.97 Å². The number of aromatic nitrogens is 2. The molecule has 0 saturated heterocycles. The Labute approximate surface area is 137 Å². The molecule has 0 atom stereocenters. The fourth-order valence-corrected chi connectivity index (χ4v) is 2.45. The van der Waals surface area contributed by atoms with Gasteiger partial charge in [0.1, 0.15) is 12.4 Å². The first kappa shape index (κ1) is 17.1. The van der Waals surface area contributed by atoms with Gasteiger partial charge in [-0.25, -0.2) is 4.98 Å². The molecule has 1 aromatic carbocycles. The van der Waals surface area contributed by atoms with Gasteiger partial charge in [0.15, 0.2) is 0 Å². The number of imidazole rings is 1. The fraction of sp³-hybridized carbons (Fsp3) is 0.444. The number of hydrogen-bond donors (Lipinski definition) is 1. The van der Waals surface area contributed by atoms with Crippen molar-refractivity contribution in [3.8, 4) is 0 Å². The summed E-state index contributed by atoms with van der Waals surface area (Å²) in [6, 6.07) is 7.32. The van der Waals surface area contributed by atoms with Crippen LogP contribution in [-0.2, 0) is 21.5 Å². The molecular weight excluding hydrogens is 290 g/mol. The van der Waals surface area contributed by atoms with Crippen molar-refractivity contribution in [2.45, 2.75) is 45.6 Å². The number of anilines is 1. The molecule has 0 unspecified atom stereocenters. The van der Waals surface area contributed by atoms with Crippen LogP contribution in [0.1, 0.15) is 45.0 Å². The molecule has 124 valence electrons. The molecule has 0 spiro atoms. The number of nitrogens with zero attached hydrogens (tertiary/aromatic N) is 2. The Morgan fingerprint density at radius 3 is 2.57 bits per heavy atom. The van der Waals surface area contributed by atoms with E-state index >= 15 is 0 Å². The molecule has 1 aromatic heterocycles. The minimum atomic E-state index is -0.705. The van der Waals surface area contributed by atoms with E-state index in [1.54, 1.807) is 18.3 Å². The van der Waals surface area contributed by atoms with Crippen LogP contribution in [0.4, 0.5) is 5.69 Å². The van der Waals surface area contributed by atoms with E-state index in [4.69, 9.17) is 10.5 Å². The van der Waals surface area contributed by atoms with Crippen molar-refractivity contribution in [1.82, 2.24) is 9.55 Å². The van der Waals surface area contributed by atoms with Gasteiger partial charge in [-0.1, -0.05) is 26.0 Å². The second kappa shape index (κ2) is 6.86. The van der Waals surface area contributed by atoms with Crippen molar-refractivity contribution in [2.24, 2.45) is 0 Å². The lowest BCUT2D eigenvalue weighted by atomic mass is 9.85. The molecule has 1 heterocycles. The third-order valence-electron chi connectivity index (χ3n) is 3.97. The van der Waals surface area contributed by atoms with Crippen LogP contribution < -0.4 is 5.73 Å². The molecule has 0 aliphatic carbocycles. The third kappa shape index (κ3) is 3.92. The molecule has 0 radical (unpaired) electrons. The number of hydrogen-bond acceptors (Lipinski definition) is 4. The van der Waals surface area contributed by atoms with E-state index in [2.05, 4.69) is 18.8 Å². The van der Waals surface area contributed by atoms with Gasteiger partial charge in [0.2, 0.25) is 0 Å². The topological polar surface area (TPSA) is 70.1 Å². The summed E-state index contributed by atoms with van der Waals surface area (Å²) in [6.07, 6.45) is 3.68. The zero-order valence-electron chi connectivity index (χ0n) is 14.2. The maximum Gasteiger partial charge on any atom is 0.316 e. The summed E-state index contributed by atoms with van der Waals surface area (Å²) in [5.41, 5.74) is 6.56. The maximum absolute atomic E-state index is 12.4. The highest BCUT2D eigenvalue weighted by Gasteiger charge is 2.31. The smallest absolute Gasteiger partial charge is 0.316 e. The molecule has 0 amide bonds. The number of rotatable bonds is 6. The van der Waals surface area contributed by atoms with Gasteiger partial charge in [0, 0.05) is 24.0 Å². The number of esters is 1. The predicted molar refractivity (Wildman–Crippen MR) is 91.2 cm³/mol. The van der Waals surface area contributed by atoms with E-state index in [1.165, 1.54) is 0 Å². The molecule has 2 aromatic rings. The molecule has 5 nitrogen and oxygen atoms in total. The number of carbonyl (C=O) groups excluding carboxylic acids is 1. The van der Waals surface area contributed by atoms with Crippen LogP contribution >= 0.6 is 0 Å². The van der Waals surface area contributed by atoms with Crippen LogP contribution in [0.2, 0.25) is 0 Å². The highest BCUT2D eigenvalue weighted by Crippen LogP contribution is 2.25. The summed E-state index contributed by atoms with van der Waals surface area (Å²) < 4.78 is 7.50. The number of ether oxygens (including phenoxy) is 1. The van der Waals surface area contributed by atoms with Crippen molar-refractivity contribution in [1.29, 1.82) is 0 Å². The molecule has 23 heavy (non-hydrogen) atoms. The first-order chi connectivity index (χ1) is 10.8. The molecule has 0 saturated carbocycles. The quantitative estimate of drug-likeness (QED) is 0.657. The summed E-state index contributed by atoms with van der Waals surface area (Å²) in [4.78, 5) is 16.7. The number of nitrogen functional groups attached to an aromatic ring is 1. The van der Waals surface area contributed by atoms with Crippen molar-refractivity contribution >= 4 is 11.7 Å². The second-order valence-electron chi connectivity index (χ2n) is 6.52. The van der Waals surface area contributed by atoms with Crippen LogP contribution in [0.25, 0.3) is 0 Å². The summed E-state index contributed by atoms with van der Waals surface area (Å²) in [7, 11) is 0. The Hall–Kier alpha value is -2.30. The van der Waals surface area contributed by atoms with Gasteiger partial charge in [0.25, 0.3) is 0 Å². The largest absolute Gasteiger partial charge is 0.463 e. The van der Waals surface area contributed by atoms with Gasteiger partial charge in [-0.3, -0.25) is 4.79 Å². The number of benzene rings is 1. The minimum Gasteiger partial charge on any atom is -0.463 e. The van der Waals surface area contributed by atoms with Crippen LogP contribution in [0.3, 0.4) is 0 Å². The van der Waals surface area contributed by atoms with Crippen molar-refractivity contribution in [3.63, 3.8) is 0 Å². The lowest BCUT2D eigenvalue weighted by Gasteiger charge is -2.23. The van der Waals surface area contributed by atoms with E-state index < -0.39 is 5.41 Å². The first-order valence-electron chi connectivity index (χ1n) is 7.86. The molecule has 0 aliphatic heterocycles. The Bertz CT molecular complexity index is 657. The van der Waals surface area contributed by atoms with E-state index in [9.17, 15) is 4.79 Å². The fourth-order valence-electron chi connectivity index (χ4n) is 2.45. The first-order valence-corrected chi connectivity index (χ1v) is 7.86. The van der Waals surface area contributed by atoms with Crippen LogP contribution in [-0.4, -0.2) is 22.1 Å². The second-order valence-corrected chi connectivity index (χ2v) is 6.52. The zero-order chi connectivity index (χ0) is 17.0. The third-order valence-corrected chi connectivity index (χ3v) is 3.97. The van der Waals surface area contributed by atoms with Crippen LogP contribution in [0, 0.1) is 0 Å². The molecule has 0 fully saturated rings. The average molecular weight is 315 g/mol. The Morgan fingerprint density at radius 2 is 1.96 bits per heavy atom. The Balaban J connectivity index is 1.96. The van der Waals surface area contributed by atoms with Crippen LogP contribution in [0.15, 0.2) is 36.7 Å². The van der Waals surface area contributed by atoms with Gasteiger partial charge < -0.3 is 15.0 Å². The Morgan fingerprint density at radius 1 is 1.30 bits per heavy atom. The molecular formula is C18H25N3O2. The van der Waals surface area contributed by atoms with E-state index in [1.807, 2.05) is 36.7 Å². The van der Waals surface area contributed by atoms with E-state index in [0.717, 1.165) is 11.4 Å². The molecule has 0 aliphatic rings. The van der Waals surface area contributed by atoms with Gasteiger partial charge in [0.05, 0.1) is 12.0 Å². The highest BCUT2D eigenvalue weighted by atomic mass is 16.5. The van der Waals surface area contributed by atoms with Crippen molar-refractivity contribution in [3.05, 3.63) is 48.0 Å². The molecule has 2 rings (SSSR count). The highest BCUT2D eigenvalue weighted by molar-refractivity contribution is 5.82.